The molecule has 2 aromatic heterocycles. The van der Waals surface area contributed by atoms with E-state index in [4.69, 9.17) is 5.73 Å². The van der Waals surface area contributed by atoms with Gasteiger partial charge in [-0.3, -0.25) is 0 Å². The maximum absolute atomic E-state index is 5.65. The zero-order valence-electron chi connectivity index (χ0n) is 7.81. The first-order valence-electron chi connectivity index (χ1n) is 4.52. The van der Waals surface area contributed by atoms with Crippen molar-refractivity contribution in [1.29, 1.82) is 0 Å². The van der Waals surface area contributed by atoms with E-state index >= 15 is 0 Å². The number of thiazole rings is 1. The molecule has 0 saturated carbocycles. The lowest BCUT2D eigenvalue weighted by atomic mass is 10.1. The summed E-state index contributed by atoms with van der Waals surface area (Å²) in [4.78, 5) is 4.31. The number of anilines is 1. The van der Waals surface area contributed by atoms with Crippen LogP contribution in [0, 0.1) is 0 Å². The summed E-state index contributed by atoms with van der Waals surface area (Å²) in [6.07, 6.45) is 0. The number of benzene rings is 1. The van der Waals surface area contributed by atoms with Gasteiger partial charge < -0.3 is 5.73 Å². The smallest absolute Gasteiger partial charge is 0.180 e. The van der Waals surface area contributed by atoms with Gasteiger partial charge in [0.1, 0.15) is 0 Å². The number of rotatable bonds is 1. The molecule has 0 amide bonds. The third-order valence-electron chi connectivity index (χ3n) is 2.29. The minimum Gasteiger partial charge on any atom is -0.375 e. The predicted octanol–water partition coefficient (Wildman–Crippen LogP) is 3.61. The Hall–Kier alpha value is -1.39. The Morgan fingerprint density at radius 1 is 1.13 bits per heavy atom. The molecule has 74 valence electrons. The van der Waals surface area contributed by atoms with Gasteiger partial charge in [0.15, 0.2) is 5.13 Å². The maximum Gasteiger partial charge on any atom is 0.180 e. The predicted molar refractivity (Wildman–Crippen MR) is 67.3 cm³/mol. The van der Waals surface area contributed by atoms with Gasteiger partial charge >= 0.3 is 0 Å². The van der Waals surface area contributed by atoms with Crippen LogP contribution in [-0.2, 0) is 0 Å². The van der Waals surface area contributed by atoms with E-state index < -0.39 is 0 Å². The van der Waals surface area contributed by atoms with Crippen molar-refractivity contribution < 1.29 is 0 Å². The Balaban J connectivity index is 2.30. The molecule has 4 heteroatoms. The Kier molecular flexibility index (Phi) is 1.97. The van der Waals surface area contributed by atoms with Crippen molar-refractivity contribution in [3.63, 3.8) is 0 Å². The van der Waals surface area contributed by atoms with Gasteiger partial charge in [0.05, 0.1) is 5.69 Å². The van der Waals surface area contributed by atoms with Crippen molar-refractivity contribution in [2.45, 2.75) is 0 Å². The van der Waals surface area contributed by atoms with Crippen molar-refractivity contribution in [3.8, 4) is 11.3 Å². The Labute approximate surface area is 95.0 Å². The van der Waals surface area contributed by atoms with Gasteiger partial charge in [-0.25, -0.2) is 4.98 Å². The molecule has 0 unspecified atom stereocenters. The molecule has 2 heterocycles. The highest BCUT2D eigenvalue weighted by molar-refractivity contribution is 7.17. The van der Waals surface area contributed by atoms with Crippen LogP contribution in [0.2, 0.25) is 0 Å². The molecule has 2 nitrogen and oxygen atoms in total. The summed E-state index contributed by atoms with van der Waals surface area (Å²) in [6.45, 7) is 0. The average molecular weight is 232 g/mol. The summed E-state index contributed by atoms with van der Waals surface area (Å²) >= 11 is 3.23. The molecule has 0 fully saturated rings. The third-order valence-corrected chi connectivity index (χ3v) is 3.85. The van der Waals surface area contributed by atoms with Crippen molar-refractivity contribution in [3.05, 3.63) is 35.0 Å². The molecule has 0 aliphatic rings. The van der Waals surface area contributed by atoms with E-state index in [-0.39, 0.29) is 0 Å². The average Bonchev–Trinajstić information content (AvgIpc) is 2.84. The van der Waals surface area contributed by atoms with E-state index in [1.165, 1.54) is 27.0 Å². The van der Waals surface area contributed by atoms with Crippen LogP contribution in [0.1, 0.15) is 0 Å². The topological polar surface area (TPSA) is 38.9 Å². The van der Waals surface area contributed by atoms with E-state index in [1.807, 2.05) is 5.38 Å². The van der Waals surface area contributed by atoms with Crippen LogP contribution >= 0.6 is 22.7 Å². The highest BCUT2D eigenvalue weighted by Crippen LogP contribution is 2.32. The van der Waals surface area contributed by atoms with Crippen LogP contribution in [0.5, 0.6) is 0 Å². The summed E-state index contributed by atoms with van der Waals surface area (Å²) in [5.74, 6) is 0. The molecule has 0 bridgehead atoms. The molecule has 0 spiro atoms. The number of nitrogens with two attached hydrogens (primary N) is 1. The fourth-order valence-corrected chi connectivity index (χ4v) is 3.00. The second kappa shape index (κ2) is 3.32. The monoisotopic (exact) mass is 232 g/mol. The Morgan fingerprint density at radius 3 is 2.87 bits per heavy atom. The SMILES string of the molecule is Nc1nc(-c2cccc3sccc23)cs1. The van der Waals surface area contributed by atoms with Gasteiger partial charge in [-0.2, -0.15) is 0 Å². The van der Waals surface area contributed by atoms with Gasteiger partial charge in [-0.15, -0.1) is 22.7 Å². The number of thiophene rings is 1. The lowest BCUT2D eigenvalue weighted by Gasteiger charge is -1.98. The quantitative estimate of drug-likeness (QED) is 0.696. The molecule has 3 aromatic rings. The zero-order valence-corrected chi connectivity index (χ0v) is 9.44. The first-order valence-corrected chi connectivity index (χ1v) is 6.28. The van der Waals surface area contributed by atoms with Crippen LogP contribution < -0.4 is 5.73 Å². The number of nitrogens with zero attached hydrogens (tertiary/aromatic N) is 1. The van der Waals surface area contributed by atoms with Crippen molar-refractivity contribution in [2.24, 2.45) is 0 Å². The van der Waals surface area contributed by atoms with Crippen molar-refractivity contribution >= 4 is 37.9 Å². The van der Waals surface area contributed by atoms with Gasteiger partial charge in [0.25, 0.3) is 0 Å². The number of fused-ring (bicyclic) bond motifs is 1. The molecule has 15 heavy (non-hydrogen) atoms. The summed E-state index contributed by atoms with van der Waals surface area (Å²) in [5.41, 5.74) is 7.79. The minimum absolute atomic E-state index is 0.622. The number of hydrogen-bond donors (Lipinski definition) is 1. The number of hydrogen-bond acceptors (Lipinski definition) is 4. The number of nitrogen functional groups attached to an aromatic ring is 1. The Morgan fingerprint density at radius 2 is 2.07 bits per heavy atom. The van der Waals surface area contributed by atoms with Crippen LogP contribution in [0.3, 0.4) is 0 Å². The van der Waals surface area contributed by atoms with Crippen molar-refractivity contribution in [1.82, 2.24) is 4.98 Å². The molecule has 3 rings (SSSR count). The lowest BCUT2D eigenvalue weighted by Crippen LogP contribution is -1.83. The van der Waals surface area contributed by atoms with Crippen molar-refractivity contribution in [2.75, 3.05) is 5.73 Å². The van der Waals surface area contributed by atoms with Crippen LogP contribution in [0.4, 0.5) is 5.13 Å². The molecule has 0 aliphatic heterocycles. The zero-order chi connectivity index (χ0) is 10.3. The highest BCUT2D eigenvalue weighted by atomic mass is 32.1. The summed E-state index contributed by atoms with van der Waals surface area (Å²) < 4.78 is 1.29. The highest BCUT2D eigenvalue weighted by Gasteiger charge is 2.06. The largest absolute Gasteiger partial charge is 0.375 e. The summed E-state index contributed by atoms with van der Waals surface area (Å²) in [5, 5.41) is 5.98. The Bertz CT molecular complexity index is 610. The van der Waals surface area contributed by atoms with Gasteiger partial charge in [0.2, 0.25) is 0 Å². The lowest BCUT2D eigenvalue weighted by molar-refractivity contribution is 1.42. The summed E-state index contributed by atoms with van der Waals surface area (Å²) in [6, 6.07) is 8.40. The van der Waals surface area contributed by atoms with Crippen LogP contribution in [0.15, 0.2) is 35.0 Å². The molecule has 0 aliphatic carbocycles. The maximum atomic E-state index is 5.65. The van der Waals surface area contributed by atoms with Crippen LogP contribution in [0.25, 0.3) is 21.3 Å². The second-order valence-corrected chi connectivity index (χ2v) is 5.05. The second-order valence-electron chi connectivity index (χ2n) is 3.21. The van der Waals surface area contributed by atoms with E-state index in [0.29, 0.717) is 5.13 Å². The fourth-order valence-electron chi connectivity index (χ4n) is 1.63. The molecule has 1 aromatic carbocycles. The van der Waals surface area contributed by atoms with Gasteiger partial charge in [0, 0.05) is 21.0 Å². The molecular formula is C11H8N2S2. The third kappa shape index (κ3) is 1.42. The molecule has 0 atom stereocenters. The first kappa shape index (κ1) is 8.88. The molecule has 0 radical (unpaired) electrons. The minimum atomic E-state index is 0.622. The first-order chi connectivity index (χ1) is 7.34. The van der Waals surface area contributed by atoms with Gasteiger partial charge in [-0.05, 0) is 17.5 Å². The van der Waals surface area contributed by atoms with E-state index in [2.05, 4.69) is 34.6 Å². The standard InChI is InChI=1S/C11H8N2S2/c12-11-13-9(6-15-11)7-2-1-3-10-8(7)4-5-14-10/h1-6H,(H2,12,13). The molecule has 2 N–H and O–H groups in total. The van der Waals surface area contributed by atoms with Crippen LogP contribution in [-0.4, -0.2) is 4.98 Å². The van der Waals surface area contributed by atoms with E-state index in [9.17, 15) is 0 Å². The molecule has 0 saturated heterocycles. The van der Waals surface area contributed by atoms with Gasteiger partial charge in [-0.1, -0.05) is 12.1 Å². The normalized spacial score (nSPS) is 10.9. The van der Waals surface area contributed by atoms with E-state index in [1.54, 1.807) is 11.3 Å². The fraction of sp³-hybridized carbons (Fsp3) is 0. The summed E-state index contributed by atoms with van der Waals surface area (Å²) in [7, 11) is 0. The number of aromatic nitrogens is 1. The molecular weight excluding hydrogens is 224 g/mol. The van der Waals surface area contributed by atoms with E-state index in [0.717, 1.165) is 5.69 Å².